The molecule has 1 unspecified atom stereocenters. The van der Waals surface area contributed by atoms with Crippen molar-refractivity contribution in [3.8, 4) is 0 Å². The molecular formula is C45H72O19. The summed E-state index contributed by atoms with van der Waals surface area (Å²) in [7, 11) is 0. The molecule has 7 fully saturated rings. The van der Waals surface area contributed by atoms with E-state index in [1.165, 1.54) is 0 Å². The van der Waals surface area contributed by atoms with Crippen molar-refractivity contribution in [3.05, 3.63) is 11.3 Å². The molecule has 0 aromatic heterocycles. The Morgan fingerprint density at radius 2 is 1.41 bits per heavy atom. The number of Topliss-reactive ketones (excluding diaryl/α,β-unsaturated/α-hetero) is 1. The summed E-state index contributed by atoms with van der Waals surface area (Å²) < 4.78 is 41.2. The van der Waals surface area contributed by atoms with Crippen molar-refractivity contribution in [1.82, 2.24) is 0 Å². The van der Waals surface area contributed by atoms with Crippen LogP contribution in [0.4, 0.5) is 0 Å². The molecular weight excluding hydrogens is 844 g/mol. The molecule has 19 nitrogen and oxygen atoms in total. The first-order valence-electron chi connectivity index (χ1n) is 23.4. The maximum atomic E-state index is 14.3. The van der Waals surface area contributed by atoms with Crippen molar-refractivity contribution in [2.24, 2.45) is 52.3 Å². The topological polar surface area (TPSA) is 304 Å². The zero-order valence-electron chi connectivity index (χ0n) is 37.2. The van der Waals surface area contributed by atoms with Crippen LogP contribution >= 0.6 is 0 Å². The van der Waals surface area contributed by atoms with Crippen LogP contribution in [0.3, 0.4) is 0 Å². The van der Waals surface area contributed by atoms with Crippen molar-refractivity contribution in [3.63, 3.8) is 0 Å². The van der Waals surface area contributed by atoms with Crippen LogP contribution < -0.4 is 0 Å². The van der Waals surface area contributed by atoms with Gasteiger partial charge in [-0.1, -0.05) is 20.8 Å². The zero-order chi connectivity index (χ0) is 46.2. The lowest BCUT2D eigenvalue weighted by atomic mass is 9.44. The molecule has 0 radical (unpaired) electrons. The second-order valence-electron chi connectivity index (χ2n) is 20.9. The molecule has 25 atom stereocenters. The van der Waals surface area contributed by atoms with Crippen LogP contribution in [0.15, 0.2) is 11.3 Å². The highest BCUT2D eigenvalue weighted by molar-refractivity contribution is 5.83. The van der Waals surface area contributed by atoms with Crippen LogP contribution in [0.1, 0.15) is 79.1 Å². The summed E-state index contributed by atoms with van der Waals surface area (Å²) in [4.78, 5) is 14.3. The number of aliphatic hydroxyl groups excluding tert-OH is 11. The Labute approximate surface area is 373 Å². The highest BCUT2D eigenvalue weighted by Gasteiger charge is 2.66. The maximum Gasteiger partial charge on any atom is 0.186 e. The van der Waals surface area contributed by atoms with Crippen LogP contribution in [-0.2, 0) is 38.0 Å². The molecule has 4 aliphatic carbocycles. The van der Waals surface area contributed by atoms with Gasteiger partial charge in [0.2, 0.25) is 0 Å². The fourth-order valence-corrected chi connectivity index (χ4v) is 13.6. The molecule has 0 aromatic rings. The number of hydrogen-bond acceptors (Lipinski definition) is 19. The minimum Gasteiger partial charge on any atom is -0.494 e. The molecule has 19 heteroatoms. The number of aliphatic hydroxyl groups is 11. The zero-order valence-corrected chi connectivity index (χ0v) is 37.2. The van der Waals surface area contributed by atoms with E-state index in [0.29, 0.717) is 38.0 Å². The molecule has 0 aromatic carbocycles. The van der Waals surface area contributed by atoms with Crippen LogP contribution in [0.2, 0.25) is 0 Å². The van der Waals surface area contributed by atoms with Crippen LogP contribution in [0.25, 0.3) is 0 Å². The Morgan fingerprint density at radius 3 is 2.11 bits per heavy atom. The monoisotopic (exact) mass is 916 g/mol. The van der Waals surface area contributed by atoms with E-state index >= 15 is 0 Å². The van der Waals surface area contributed by atoms with Crippen LogP contribution in [-0.4, -0.2) is 193 Å². The fourth-order valence-electron chi connectivity index (χ4n) is 13.6. The first-order chi connectivity index (χ1) is 30.3. The van der Waals surface area contributed by atoms with E-state index in [0.717, 1.165) is 30.6 Å². The van der Waals surface area contributed by atoms with Gasteiger partial charge in [-0.25, -0.2) is 0 Å². The van der Waals surface area contributed by atoms with E-state index in [-0.39, 0.29) is 84.7 Å². The molecule has 366 valence electrons. The first kappa shape index (κ1) is 49.0. The van der Waals surface area contributed by atoms with Gasteiger partial charge < -0.3 is 89.3 Å². The largest absolute Gasteiger partial charge is 0.494 e. The van der Waals surface area contributed by atoms with E-state index in [4.69, 9.17) is 33.2 Å². The van der Waals surface area contributed by atoms with E-state index in [9.17, 15) is 61.0 Å². The minimum atomic E-state index is -1.64. The van der Waals surface area contributed by atoms with E-state index in [2.05, 4.69) is 20.8 Å². The van der Waals surface area contributed by atoms with Gasteiger partial charge in [-0.2, -0.15) is 0 Å². The lowest BCUT2D eigenvalue weighted by molar-refractivity contribution is -0.330. The molecule has 8 aliphatic rings. The third-order valence-electron chi connectivity index (χ3n) is 17.1. The summed E-state index contributed by atoms with van der Waals surface area (Å²) >= 11 is 0. The molecule has 11 N–H and O–H groups in total. The van der Waals surface area contributed by atoms with Gasteiger partial charge in [0.05, 0.1) is 39.1 Å². The summed E-state index contributed by atoms with van der Waals surface area (Å²) in [5.74, 6) is 1.19. The van der Waals surface area contributed by atoms with Crippen LogP contribution in [0, 0.1) is 52.3 Å². The number of hydrogen-bond donors (Lipinski definition) is 11. The Morgan fingerprint density at radius 1 is 0.750 bits per heavy atom. The van der Waals surface area contributed by atoms with Crippen LogP contribution in [0.5, 0.6) is 0 Å². The Hall–Kier alpha value is -1.47. The lowest BCUT2D eigenvalue weighted by Gasteiger charge is -2.60. The normalized spacial score (nSPS) is 51.4. The molecule has 4 heterocycles. The molecule has 0 spiro atoms. The molecule has 3 saturated heterocycles. The van der Waals surface area contributed by atoms with Crippen molar-refractivity contribution in [2.75, 3.05) is 33.0 Å². The number of fused-ring (bicyclic) bond motifs is 7. The number of rotatable bonds is 13. The van der Waals surface area contributed by atoms with Crippen molar-refractivity contribution in [2.45, 2.75) is 177 Å². The summed E-state index contributed by atoms with van der Waals surface area (Å²) in [6.45, 7) is 7.41. The average molecular weight is 917 g/mol. The van der Waals surface area contributed by atoms with Gasteiger partial charge in [-0.3, -0.25) is 4.79 Å². The van der Waals surface area contributed by atoms with Crippen molar-refractivity contribution in [1.29, 1.82) is 0 Å². The lowest BCUT2D eigenvalue weighted by Crippen LogP contribution is -2.61. The molecule has 0 amide bonds. The highest BCUT2D eigenvalue weighted by atomic mass is 16.7. The summed E-state index contributed by atoms with van der Waals surface area (Å²) in [5, 5.41) is 113. The molecule has 64 heavy (non-hydrogen) atoms. The number of carbonyl (C=O) groups excluding carboxylic acids is 1. The molecule has 4 aliphatic heterocycles. The quantitative estimate of drug-likeness (QED) is 0.0909. The van der Waals surface area contributed by atoms with Gasteiger partial charge in [0, 0.05) is 24.2 Å². The number of ketones is 1. The van der Waals surface area contributed by atoms with Crippen molar-refractivity contribution < 1.29 is 94.1 Å². The average Bonchev–Trinajstić information content (AvgIpc) is 3.77. The highest BCUT2D eigenvalue weighted by Crippen LogP contribution is 2.69. The summed E-state index contributed by atoms with van der Waals surface area (Å²) in [6.07, 6.45) is -15.0. The third kappa shape index (κ3) is 8.64. The van der Waals surface area contributed by atoms with Gasteiger partial charge in [0.25, 0.3) is 0 Å². The predicted molar refractivity (Wildman–Crippen MR) is 218 cm³/mol. The molecule has 8 rings (SSSR count). The van der Waals surface area contributed by atoms with Gasteiger partial charge in [-0.05, 0) is 91.9 Å². The predicted octanol–water partition coefficient (Wildman–Crippen LogP) is -1.79. The van der Waals surface area contributed by atoms with E-state index in [1.807, 2.05) is 6.92 Å². The minimum absolute atomic E-state index is 0.0759. The van der Waals surface area contributed by atoms with Gasteiger partial charge in [0.15, 0.2) is 18.9 Å². The Bertz CT molecular complexity index is 1670. The smallest absolute Gasteiger partial charge is 0.186 e. The van der Waals surface area contributed by atoms with E-state index < -0.39 is 98.7 Å². The van der Waals surface area contributed by atoms with Gasteiger partial charge in [-0.15, -0.1) is 0 Å². The first-order valence-corrected chi connectivity index (χ1v) is 23.4. The second-order valence-corrected chi connectivity index (χ2v) is 20.9. The summed E-state index contributed by atoms with van der Waals surface area (Å²) in [5.41, 5.74) is 0.750. The second kappa shape index (κ2) is 19.1. The van der Waals surface area contributed by atoms with E-state index in [1.54, 1.807) is 0 Å². The maximum absolute atomic E-state index is 14.3. The molecule has 0 bridgehead atoms. The fraction of sp³-hybridized carbons (Fsp3) is 0.933. The van der Waals surface area contributed by atoms with Crippen molar-refractivity contribution >= 4 is 5.78 Å². The van der Waals surface area contributed by atoms with Gasteiger partial charge in [0.1, 0.15) is 84.8 Å². The number of ether oxygens (including phenoxy) is 7. The Kier molecular flexibility index (Phi) is 14.6. The Balaban J connectivity index is 0.875. The third-order valence-corrected chi connectivity index (χ3v) is 17.1. The standard InChI is InChI=1S/C45H72O19/c1-18(15-58-42-38(56)35(53)33(51)29(14-47)63-42)9-20(13-46)40-19(2)31-28(62-40)12-24-22-11-26(48)25-10-21(5-7-44(25,3)23(22)6-8-45(24,31)4)61-43-39(57)36(54)34(52)30(64-43)17-60-41-37(55)32(50)27(49)16-59-41/h18,20-25,27-39,41-43,46-47,49-57H,5-17H2,1-4H3/t18-,20?,21+,22-,23+,24+,25-,27-,28+,29-,30-,31+,32-,33-,34-,35+,36+,37+,38-,39-,41-,42-,43-,44-,45+/m1/s1. The van der Waals surface area contributed by atoms with Gasteiger partial charge >= 0.3 is 0 Å². The summed E-state index contributed by atoms with van der Waals surface area (Å²) in [6, 6.07) is 0. The SMILES string of the molecule is CC1=C(C(CO)C[C@@H](C)CO[C@@H]2O[C@H](CO)[C@@H](O)[C@H](O)[C@H]2O)O[C@H]2C[C@H]3[C@@H]4CC(=O)[C@H]5C[C@@H](O[C@@H]6O[C@H](CO[C@H]7OC[C@@H](O)[C@@H](O)[C@@H]7O)[C@@H](O)[C@H](O)[C@H]6O)CC[C@]5(C)[C@H]4CC[C@]3(C)[C@@H]12. The number of carbonyl (C=O) groups is 1. The molecule has 4 saturated carbocycles.